The molecule has 1 fully saturated rings. The van der Waals surface area contributed by atoms with Crippen molar-refractivity contribution < 1.29 is 28.9 Å². The molecular weight excluding hydrogens is 410 g/mol. The van der Waals surface area contributed by atoms with Crippen molar-refractivity contribution >= 4 is 23.1 Å². The SMILES string of the molecule is CCOC(=O)C1=C(N)O[C@@H]2CC(C)(C)CC(=O)[C@@H]2[C@H]1c1ccc([N+](=O)[O-])cc1[N+](=O)[O-]. The lowest BCUT2D eigenvalue weighted by Crippen LogP contribution is -2.49. The Morgan fingerprint density at radius 1 is 1.29 bits per heavy atom. The first-order chi connectivity index (χ1) is 14.5. The lowest BCUT2D eigenvalue weighted by atomic mass is 9.63. The summed E-state index contributed by atoms with van der Waals surface area (Å²) in [5.41, 5.74) is 4.40. The number of nitrogens with two attached hydrogens (primary N) is 1. The van der Waals surface area contributed by atoms with Crippen LogP contribution in [-0.2, 0) is 19.1 Å². The van der Waals surface area contributed by atoms with Crippen molar-refractivity contribution in [1.82, 2.24) is 0 Å². The zero-order valence-corrected chi connectivity index (χ0v) is 17.3. The zero-order valence-electron chi connectivity index (χ0n) is 17.3. The highest BCUT2D eigenvalue weighted by molar-refractivity contribution is 5.95. The number of ether oxygens (including phenoxy) is 2. The topological polar surface area (TPSA) is 165 Å². The molecule has 0 spiro atoms. The first-order valence-corrected chi connectivity index (χ1v) is 9.75. The number of ketones is 1. The van der Waals surface area contributed by atoms with Gasteiger partial charge in [-0.05, 0) is 24.8 Å². The van der Waals surface area contributed by atoms with Crippen molar-refractivity contribution in [3.05, 3.63) is 55.4 Å². The van der Waals surface area contributed by atoms with Crippen LogP contribution in [0.5, 0.6) is 0 Å². The van der Waals surface area contributed by atoms with E-state index < -0.39 is 45.1 Å². The second-order valence-corrected chi connectivity index (χ2v) is 8.43. The van der Waals surface area contributed by atoms with E-state index in [1.807, 2.05) is 13.8 Å². The van der Waals surface area contributed by atoms with Gasteiger partial charge in [0, 0.05) is 24.0 Å². The number of nitrogens with zero attached hydrogens (tertiary/aromatic N) is 2. The van der Waals surface area contributed by atoms with Crippen LogP contribution in [0.4, 0.5) is 11.4 Å². The van der Waals surface area contributed by atoms with Crippen molar-refractivity contribution in [3.63, 3.8) is 0 Å². The normalized spacial score (nSPS) is 24.7. The van der Waals surface area contributed by atoms with Gasteiger partial charge in [-0.3, -0.25) is 25.0 Å². The highest BCUT2D eigenvalue weighted by Crippen LogP contribution is 2.51. The van der Waals surface area contributed by atoms with Crippen molar-refractivity contribution in [2.24, 2.45) is 17.1 Å². The number of benzene rings is 1. The van der Waals surface area contributed by atoms with Crippen LogP contribution >= 0.6 is 0 Å². The Morgan fingerprint density at radius 3 is 2.55 bits per heavy atom. The molecule has 11 nitrogen and oxygen atoms in total. The molecule has 0 bridgehead atoms. The molecule has 2 N–H and O–H groups in total. The van der Waals surface area contributed by atoms with Crippen LogP contribution in [0.1, 0.15) is 45.1 Å². The van der Waals surface area contributed by atoms with Gasteiger partial charge < -0.3 is 15.2 Å². The number of nitro benzene ring substituents is 2. The van der Waals surface area contributed by atoms with E-state index in [-0.39, 0.29) is 41.2 Å². The summed E-state index contributed by atoms with van der Waals surface area (Å²) in [5.74, 6) is -3.38. The third-order valence-electron chi connectivity index (χ3n) is 5.64. The summed E-state index contributed by atoms with van der Waals surface area (Å²) in [6.45, 7) is 5.39. The highest BCUT2D eigenvalue weighted by Gasteiger charge is 2.53. The van der Waals surface area contributed by atoms with E-state index in [9.17, 15) is 29.8 Å². The maximum absolute atomic E-state index is 13.1. The molecule has 0 unspecified atom stereocenters. The van der Waals surface area contributed by atoms with Crippen LogP contribution in [0.25, 0.3) is 0 Å². The summed E-state index contributed by atoms with van der Waals surface area (Å²) in [7, 11) is 0. The van der Waals surface area contributed by atoms with Crippen molar-refractivity contribution in [2.45, 2.75) is 45.6 Å². The van der Waals surface area contributed by atoms with Gasteiger partial charge in [-0.25, -0.2) is 4.79 Å². The Labute approximate surface area is 177 Å². The second-order valence-electron chi connectivity index (χ2n) is 8.43. The van der Waals surface area contributed by atoms with Crippen LogP contribution in [-0.4, -0.2) is 34.3 Å². The molecule has 0 radical (unpaired) electrons. The Balaban J connectivity index is 2.25. The van der Waals surface area contributed by atoms with E-state index in [0.717, 1.165) is 12.1 Å². The molecule has 1 heterocycles. The Morgan fingerprint density at radius 2 is 1.97 bits per heavy atom. The van der Waals surface area contributed by atoms with Gasteiger partial charge in [0.25, 0.3) is 11.4 Å². The third-order valence-corrected chi connectivity index (χ3v) is 5.64. The predicted molar refractivity (Wildman–Crippen MR) is 107 cm³/mol. The number of nitro groups is 2. The quantitative estimate of drug-likeness (QED) is 0.417. The van der Waals surface area contributed by atoms with E-state index in [1.165, 1.54) is 6.07 Å². The van der Waals surface area contributed by atoms with Gasteiger partial charge >= 0.3 is 5.97 Å². The smallest absolute Gasteiger partial charge is 0.340 e. The lowest BCUT2D eigenvalue weighted by molar-refractivity contribution is -0.394. The fourth-order valence-corrected chi connectivity index (χ4v) is 4.47. The first kappa shape index (κ1) is 22.2. The van der Waals surface area contributed by atoms with Crippen LogP contribution in [0, 0.1) is 31.6 Å². The molecule has 0 saturated heterocycles. The van der Waals surface area contributed by atoms with E-state index in [0.29, 0.717) is 6.42 Å². The minimum atomic E-state index is -1.12. The molecule has 1 aromatic rings. The Hall–Kier alpha value is -3.50. The maximum Gasteiger partial charge on any atom is 0.340 e. The van der Waals surface area contributed by atoms with Gasteiger partial charge in [-0.2, -0.15) is 0 Å². The summed E-state index contributed by atoms with van der Waals surface area (Å²) in [6, 6.07) is 3.11. The summed E-state index contributed by atoms with van der Waals surface area (Å²) in [4.78, 5) is 47.2. The zero-order chi connectivity index (χ0) is 23.1. The van der Waals surface area contributed by atoms with Crippen LogP contribution in [0.2, 0.25) is 0 Å². The minimum Gasteiger partial charge on any atom is -0.475 e. The average molecular weight is 433 g/mol. The van der Waals surface area contributed by atoms with Crippen LogP contribution in [0.15, 0.2) is 29.7 Å². The van der Waals surface area contributed by atoms with Crippen molar-refractivity contribution in [3.8, 4) is 0 Å². The summed E-state index contributed by atoms with van der Waals surface area (Å²) in [6.07, 6.45) is -0.0725. The molecular formula is C20H23N3O8. The number of carbonyl (C=O) groups excluding carboxylic acids is 2. The molecule has 1 aromatic carbocycles. The minimum absolute atomic E-state index is 0.0137. The third kappa shape index (κ3) is 4.07. The predicted octanol–water partition coefficient (Wildman–Crippen LogP) is 2.72. The fraction of sp³-hybridized carbons (Fsp3) is 0.500. The van der Waals surface area contributed by atoms with Gasteiger partial charge in [0.2, 0.25) is 0 Å². The summed E-state index contributed by atoms with van der Waals surface area (Å²) in [5, 5.41) is 22.9. The number of Topliss-reactive ketones (excluding diaryl/α,β-unsaturated/α-hetero) is 1. The number of rotatable bonds is 5. The molecule has 1 aliphatic carbocycles. The number of carbonyl (C=O) groups is 2. The van der Waals surface area contributed by atoms with E-state index >= 15 is 0 Å². The summed E-state index contributed by atoms with van der Waals surface area (Å²) >= 11 is 0. The maximum atomic E-state index is 13.1. The monoisotopic (exact) mass is 433 g/mol. The van der Waals surface area contributed by atoms with Gasteiger partial charge in [0.1, 0.15) is 17.5 Å². The molecule has 11 heteroatoms. The van der Waals surface area contributed by atoms with E-state index in [4.69, 9.17) is 15.2 Å². The second kappa shape index (κ2) is 7.97. The number of hydrogen-bond donors (Lipinski definition) is 1. The molecule has 3 rings (SSSR count). The van der Waals surface area contributed by atoms with Gasteiger partial charge in [-0.15, -0.1) is 0 Å². The van der Waals surface area contributed by atoms with Gasteiger partial charge in [0.05, 0.1) is 28.4 Å². The van der Waals surface area contributed by atoms with Crippen LogP contribution < -0.4 is 5.73 Å². The van der Waals surface area contributed by atoms with Gasteiger partial charge in [-0.1, -0.05) is 13.8 Å². The molecule has 1 saturated carbocycles. The molecule has 3 atom stereocenters. The lowest BCUT2D eigenvalue weighted by Gasteiger charge is -2.45. The molecule has 0 aromatic heterocycles. The molecule has 2 aliphatic rings. The van der Waals surface area contributed by atoms with Crippen molar-refractivity contribution in [2.75, 3.05) is 6.61 Å². The number of fused-ring (bicyclic) bond motifs is 1. The average Bonchev–Trinajstić information content (AvgIpc) is 2.65. The number of non-ortho nitro benzene ring substituents is 1. The Bertz CT molecular complexity index is 1000. The van der Waals surface area contributed by atoms with E-state index in [1.54, 1.807) is 6.92 Å². The van der Waals surface area contributed by atoms with Gasteiger partial charge in [0.15, 0.2) is 5.88 Å². The van der Waals surface area contributed by atoms with E-state index in [2.05, 4.69) is 0 Å². The summed E-state index contributed by atoms with van der Waals surface area (Å²) < 4.78 is 10.8. The molecule has 0 amide bonds. The standard InChI is InChI=1S/C20H23N3O8/c1-4-30-19(25)17-15(11-6-5-10(22(26)27)7-12(11)23(28)29)16-13(24)8-20(2,3)9-14(16)31-18(17)21/h5-7,14-16H,4,8-9,21H2,1-3H3/t14-,15-,16+/m1/s1. The Kier molecular flexibility index (Phi) is 5.70. The fourth-order valence-electron chi connectivity index (χ4n) is 4.47. The molecule has 1 aliphatic heterocycles. The molecule has 31 heavy (non-hydrogen) atoms. The largest absolute Gasteiger partial charge is 0.475 e. The van der Waals surface area contributed by atoms with Crippen LogP contribution in [0.3, 0.4) is 0 Å². The highest BCUT2D eigenvalue weighted by atomic mass is 16.6. The number of esters is 1. The van der Waals surface area contributed by atoms with Crippen molar-refractivity contribution in [1.29, 1.82) is 0 Å². The number of hydrogen-bond acceptors (Lipinski definition) is 9. The first-order valence-electron chi connectivity index (χ1n) is 9.75. The molecule has 166 valence electrons.